The molecule has 80 valence electrons. The molecular formula is C11H12O4. The van der Waals surface area contributed by atoms with E-state index in [2.05, 4.69) is 0 Å². The molecule has 4 heteroatoms. The molecule has 0 unspecified atom stereocenters. The van der Waals surface area contributed by atoms with Gasteiger partial charge < -0.3 is 9.84 Å². The maximum absolute atomic E-state index is 11.3. The molecule has 1 rings (SSSR count). The Morgan fingerprint density at radius 2 is 1.80 bits per heavy atom. The summed E-state index contributed by atoms with van der Waals surface area (Å²) in [5.74, 6) is -0.724. The van der Waals surface area contributed by atoms with E-state index in [9.17, 15) is 14.7 Å². The van der Waals surface area contributed by atoms with Crippen LogP contribution in [0.1, 0.15) is 34.6 Å². The van der Waals surface area contributed by atoms with E-state index >= 15 is 0 Å². The molecule has 0 spiro atoms. The molecule has 4 nitrogen and oxygen atoms in total. The first kappa shape index (κ1) is 11.2. The molecule has 0 bridgehead atoms. The van der Waals surface area contributed by atoms with Crippen molar-refractivity contribution in [3.05, 3.63) is 23.3 Å². The van der Waals surface area contributed by atoms with Crippen molar-refractivity contribution < 1.29 is 19.4 Å². The van der Waals surface area contributed by atoms with E-state index in [1.54, 1.807) is 0 Å². The fraction of sp³-hybridized carbons (Fsp3) is 0.273. The Morgan fingerprint density at radius 3 is 2.20 bits per heavy atom. The number of ketones is 2. The fourth-order valence-corrected chi connectivity index (χ4v) is 1.39. The highest BCUT2D eigenvalue weighted by Crippen LogP contribution is 2.32. The second kappa shape index (κ2) is 4.13. The van der Waals surface area contributed by atoms with Gasteiger partial charge in [0, 0.05) is 5.56 Å². The van der Waals surface area contributed by atoms with Crippen molar-refractivity contribution in [2.45, 2.75) is 13.8 Å². The van der Waals surface area contributed by atoms with E-state index in [-0.39, 0.29) is 34.2 Å². The third-order valence-corrected chi connectivity index (χ3v) is 2.09. The lowest BCUT2D eigenvalue weighted by molar-refractivity contribution is 0.0978. The van der Waals surface area contributed by atoms with Gasteiger partial charge in [-0.25, -0.2) is 0 Å². The molecule has 1 N–H and O–H groups in total. The SMILES string of the molecule is COc1ccc(C(C)=O)c(C(C)=O)c1O. The first-order valence-electron chi connectivity index (χ1n) is 4.40. The van der Waals surface area contributed by atoms with Crippen LogP contribution in [0.5, 0.6) is 11.5 Å². The third kappa shape index (κ3) is 1.98. The summed E-state index contributed by atoms with van der Waals surface area (Å²) in [5, 5.41) is 9.69. The molecule has 1 aromatic carbocycles. The van der Waals surface area contributed by atoms with Gasteiger partial charge in [0.05, 0.1) is 12.7 Å². The van der Waals surface area contributed by atoms with Crippen LogP contribution in [0.25, 0.3) is 0 Å². The quantitative estimate of drug-likeness (QED) is 0.769. The Balaban J connectivity index is 3.51. The molecule has 0 aliphatic rings. The average Bonchev–Trinajstić information content (AvgIpc) is 2.16. The number of Topliss-reactive ketones (excluding diaryl/α,β-unsaturated/α-hetero) is 2. The number of ether oxygens (including phenoxy) is 1. The molecule has 0 saturated carbocycles. The molecule has 1 aromatic rings. The maximum Gasteiger partial charge on any atom is 0.169 e. The third-order valence-electron chi connectivity index (χ3n) is 2.09. The fourth-order valence-electron chi connectivity index (χ4n) is 1.39. The van der Waals surface area contributed by atoms with Gasteiger partial charge in [-0.2, -0.15) is 0 Å². The zero-order valence-electron chi connectivity index (χ0n) is 8.83. The number of benzene rings is 1. The Hall–Kier alpha value is -1.84. The summed E-state index contributed by atoms with van der Waals surface area (Å²) in [6.45, 7) is 2.63. The Labute approximate surface area is 87.5 Å². The lowest BCUT2D eigenvalue weighted by atomic mass is 10.00. The van der Waals surface area contributed by atoms with Crippen molar-refractivity contribution in [1.82, 2.24) is 0 Å². The van der Waals surface area contributed by atoms with Gasteiger partial charge in [0.25, 0.3) is 0 Å². The van der Waals surface area contributed by atoms with Crippen molar-refractivity contribution >= 4 is 11.6 Å². The molecule has 0 heterocycles. The summed E-state index contributed by atoms with van der Waals surface area (Å²) in [5.41, 5.74) is 0.225. The van der Waals surface area contributed by atoms with Crippen molar-refractivity contribution in [2.24, 2.45) is 0 Å². The molecular weight excluding hydrogens is 196 g/mol. The molecule has 0 saturated heterocycles. The standard InChI is InChI=1S/C11H12O4/c1-6(12)8-4-5-9(15-3)11(14)10(8)7(2)13/h4-5,14H,1-3H3. The number of phenolic OH excluding ortho intramolecular Hbond substituents is 1. The van der Waals surface area contributed by atoms with Crippen molar-refractivity contribution in [2.75, 3.05) is 7.11 Å². The highest BCUT2D eigenvalue weighted by molar-refractivity contribution is 6.09. The second-order valence-corrected chi connectivity index (χ2v) is 3.15. The maximum atomic E-state index is 11.3. The molecule has 0 aliphatic heterocycles. The Kier molecular flexibility index (Phi) is 3.09. The largest absolute Gasteiger partial charge is 0.504 e. The number of carbonyl (C=O) groups is 2. The Bertz CT molecular complexity index is 421. The minimum Gasteiger partial charge on any atom is -0.504 e. The molecule has 0 atom stereocenters. The number of methoxy groups -OCH3 is 1. The zero-order valence-corrected chi connectivity index (χ0v) is 8.83. The van der Waals surface area contributed by atoms with Gasteiger partial charge >= 0.3 is 0 Å². The van der Waals surface area contributed by atoms with Crippen molar-refractivity contribution in [3.63, 3.8) is 0 Å². The highest BCUT2D eigenvalue weighted by atomic mass is 16.5. The van der Waals surface area contributed by atoms with E-state index in [1.165, 1.54) is 33.1 Å². The highest BCUT2D eigenvalue weighted by Gasteiger charge is 2.19. The minimum absolute atomic E-state index is 0.0156. The number of aromatic hydroxyl groups is 1. The zero-order chi connectivity index (χ0) is 11.6. The van der Waals surface area contributed by atoms with Crippen LogP contribution in [0, 0.1) is 0 Å². The molecule has 0 aliphatic carbocycles. The first-order valence-corrected chi connectivity index (χ1v) is 4.40. The second-order valence-electron chi connectivity index (χ2n) is 3.15. The topological polar surface area (TPSA) is 63.6 Å². The minimum atomic E-state index is -0.364. The van der Waals surface area contributed by atoms with Crippen LogP contribution < -0.4 is 4.74 Å². The van der Waals surface area contributed by atoms with Crippen LogP contribution in [0.3, 0.4) is 0 Å². The van der Waals surface area contributed by atoms with Gasteiger partial charge in [0.1, 0.15) is 0 Å². The van der Waals surface area contributed by atoms with E-state index < -0.39 is 0 Å². The van der Waals surface area contributed by atoms with Crippen LogP contribution in [-0.2, 0) is 0 Å². The van der Waals surface area contributed by atoms with Gasteiger partial charge in [-0.1, -0.05) is 0 Å². The molecule has 0 amide bonds. The van der Waals surface area contributed by atoms with Gasteiger partial charge in [0.15, 0.2) is 23.1 Å². The van der Waals surface area contributed by atoms with Crippen molar-refractivity contribution in [3.8, 4) is 11.5 Å². The van der Waals surface area contributed by atoms with E-state index in [0.29, 0.717) is 0 Å². The molecule has 15 heavy (non-hydrogen) atoms. The predicted molar refractivity (Wildman–Crippen MR) is 54.7 cm³/mol. The van der Waals surface area contributed by atoms with E-state index in [1.807, 2.05) is 0 Å². The molecule has 0 radical (unpaired) electrons. The summed E-state index contributed by atoms with van der Waals surface area (Å²) >= 11 is 0. The summed E-state index contributed by atoms with van der Waals surface area (Å²) in [6.07, 6.45) is 0. The monoisotopic (exact) mass is 208 g/mol. The normalized spacial score (nSPS) is 9.80. The van der Waals surface area contributed by atoms with Crippen LogP contribution in [-0.4, -0.2) is 23.8 Å². The number of carbonyl (C=O) groups excluding carboxylic acids is 2. The van der Waals surface area contributed by atoms with Crippen LogP contribution >= 0.6 is 0 Å². The number of phenols is 1. The van der Waals surface area contributed by atoms with Crippen molar-refractivity contribution in [1.29, 1.82) is 0 Å². The van der Waals surface area contributed by atoms with Crippen LogP contribution in [0.4, 0.5) is 0 Å². The number of rotatable bonds is 3. The Morgan fingerprint density at radius 1 is 1.20 bits per heavy atom. The lowest BCUT2D eigenvalue weighted by Gasteiger charge is -2.09. The van der Waals surface area contributed by atoms with E-state index in [4.69, 9.17) is 4.74 Å². The number of hydrogen-bond acceptors (Lipinski definition) is 4. The van der Waals surface area contributed by atoms with E-state index in [0.717, 1.165) is 0 Å². The summed E-state index contributed by atoms with van der Waals surface area (Å²) in [7, 11) is 1.38. The van der Waals surface area contributed by atoms with Gasteiger partial charge in [-0.15, -0.1) is 0 Å². The smallest absolute Gasteiger partial charge is 0.169 e. The average molecular weight is 208 g/mol. The lowest BCUT2D eigenvalue weighted by Crippen LogP contribution is -2.05. The number of hydrogen-bond donors (Lipinski definition) is 1. The molecule has 0 fully saturated rings. The summed E-state index contributed by atoms with van der Waals surface area (Å²) in [4.78, 5) is 22.5. The van der Waals surface area contributed by atoms with Gasteiger partial charge in [0.2, 0.25) is 0 Å². The summed E-state index contributed by atoms with van der Waals surface area (Å²) < 4.78 is 4.86. The molecule has 0 aromatic heterocycles. The van der Waals surface area contributed by atoms with Crippen LogP contribution in [0.2, 0.25) is 0 Å². The first-order chi connectivity index (χ1) is 6.99. The summed E-state index contributed by atoms with van der Waals surface area (Å²) in [6, 6.07) is 2.93. The predicted octanol–water partition coefficient (Wildman–Crippen LogP) is 1.81. The van der Waals surface area contributed by atoms with Gasteiger partial charge in [-0.3, -0.25) is 9.59 Å². The van der Waals surface area contributed by atoms with Crippen LogP contribution in [0.15, 0.2) is 12.1 Å². The van der Waals surface area contributed by atoms with Gasteiger partial charge in [-0.05, 0) is 26.0 Å².